The molecule has 2 amide bonds. The second-order valence-corrected chi connectivity index (χ2v) is 5.50. The van der Waals surface area contributed by atoms with Crippen LogP contribution in [0.5, 0.6) is 0 Å². The van der Waals surface area contributed by atoms with E-state index in [9.17, 15) is 14.4 Å². The Balaban J connectivity index is 1.57. The summed E-state index contributed by atoms with van der Waals surface area (Å²) in [5.41, 5.74) is 2.15. The first-order chi connectivity index (χ1) is 11.2. The lowest BCUT2D eigenvalue weighted by molar-refractivity contribution is -0.170. The minimum Gasteiger partial charge on any atom is -0.329 e. The zero-order chi connectivity index (χ0) is 16.0. The first-order valence-electron chi connectivity index (χ1n) is 7.30. The van der Waals surface area contributed by atoms with Crippen molar-refractivity contribution in [3.63, 3.8) is 0 Å². The lowest BCUT2D eigenvalue weighted by Gasteiger charge is -2.15. The van der Waals surface area contributed by atoms with E-state index in [-0.39, 0.29) is 11.1 Å². The predicted molar refractivity (Wildman–Crippen MR) is 78.3 cm³/mol. The zero-order valence-corrected chi connectivity index (χ0v) is 12.1. The second-order valence-electron chi connectivity index (χ2n) is 5.50. The molecule has 4 rings (SSSR count). The molecule has 1 unspecified atom stereocenters. The lowest BCUT2D eigenvalue weighted by Crippen LogP contribution is -2.34. The molecule has 0 fully saturated rings. The highest BCUT2D eigenvalue weighted by Gasteiger charge is 2.41. The Kier molecular flexibility index (Phi) is 2.97. The number of aryl methyl sites for hydroxylation is 1. The number of fused-ring (bicyclic) bond motifs is 2. The van der Waals surface area contributed by atoms with E-state index < -0.39 is 23.7 Å². The minimum atomic E-state index is -0.628. The Labute approximate surface area is 131 Å². The van der Waals surface area contributed by atoms with E-state index >= 15 is 0 Å². The van der Waals surface area contributed by atoms with Crippen LogP contribution in [0.3, 0.4) is 0 Å². The smallest absolute Gasteiger partial charge is 0.329 e. The van der Waals surface area contributed by atoms with Crippen LogP contribution in [-0.2, 0) is 16.1 Å². The Bertz CT molecular complexity index is 811. The van der Waals surface area contributed by atoms with Crippen LogP contribution in [0.25, 0.3) is 0 Å². The minimum absolute atomic E-state index is 0.246. The zero-order valence-electron chi connectivity index (χ0n) is 12.1. The fourth-order valence-corrected chi connectivity index (χ4v) is 3.05. The fourth-order valence-electron chi connectivity index (χ4n) is 3.05. The van der Waals surface area contributed by atoms with Crippen LogP contribution in [0.2, 0.25) is 0 Å². The third-order valence-corrected chi connectivity index (χ3v) is 4.18. The molecule has 1 aliphatic carbocycles. The van der Waals surface area contributed by atoms with Crippen molar-refractivity contribution < 1.29 is 19.2 Å². The molecule has 2 aromatic rings. The molecule has 0 spiro atoms. The molecule has 1 aromatic heterocycles. The van der Waals surface area contributed by atoms with Crippen LogP contribution < -0.4 is 0 Å². The molecule has 1 atom stereocenters. The number of hydrogen-bond donors (Lipinski definition) is 0. The van der Waals surface area contributed by atoms with Gasteiger partial charge in [-0.2, -0.15) is 0 Å². The summed E-state index contributed by atoms with van der Waals surface area (Å²) in [5, 5.41) is 0.550. The summed E-state index contributed by atoms with van der Waals surface area (Å²) in [6.07, 6.45) is 2.91. The molecular weight excluding hydrogens is 296 g/mol. The van der Waals surface area contributed by atoms with Crippen molar-refractivity contribution >= 4 is 17.8 Å². The SMILES string of the molecule is O=C(ON1C(=O)c2ccccc2C1=O)C1CCc2cccnc21. The molecule has 6 heteroatoms. The summed E-state index contributed by atoms with van der Waals surface area (Å²) >= 11 is 0. The largest absolute Gasteiger partial charge is 0.342 e. The van der Waals surface area contributed by atoms with Crippen LogP contribution in [0.1, 0.15) is 44.3 Å². The maximum Gasteiger partial charge on any atom is 0.342 e. The van der Waals surface area contributed by atoms with Crippen LogP contribution in [0.4, 0.5) is 0 Å². The number of benzene rings is 1. The van der Waals surface area contributed by atoms with E-state index in [0.29, 0.717) is 17.2 Å². The first-order valence-corrected chi connectivity index (χ1v) is 7.30. The van der Waals surface area contributed by atoms with Gasteiger partial charge >= 0.3 is 5.97 Å². The molecule has 2 aliphatic rings. The summed E-state index contributed by atoms with van der Waals surface area (Å²) in [5.74, 6) is -2.40. The van der Waals surface area contributed by atoms with Crippen LogP contribution in [0, 0.1) is 0 Å². The molecule has 0 bridgehead atoms. The molecule has 0 N–H and O–H groups in total. The van der Waals surface area contributed by atoms with Crippen LogP contribution in [0.15, 0.2) is 42.6 Å². The molecule has 1 aliphatic heterocycles. The Hall–Kier alpha value is -3.02. The van der Waals surface area contributed by atoms with Crippen molar-refractivity contribution in [3.8, 4) is 0 Å². The molecule has 0 saturated carbocycles. The number of hydrogen-bond acceptors (Lipinski definition) is 5. The number of nitrogens with zero attached hydrogens (tertiary/aromatic N) is 2. The summed E-state index contributed by atoms with van der Waals surface area (Å²) in [6, 6.07) is 10.1. The number of aromatic nitrogens is 1. The fraction of sp³-hybridized carbons (Fsp3) is 0.176. The van der Waals surface area contributed by atoms with Gasteiger partial charge in [0.1, 0.15) is 5.92 Å². The van der Waals surface area contributed by atoms with Crippen LogP contribution in [-0.4, -0.2) is 27.8 Å². The van der Waals surface area contributed by atoms with Crippen molar-refractivity contribution in [2.75, 3.05) is 0 Å². The average Bonchev–Trinajstić information content (AvgIpc) is 3.11. The van der Waals surface area contributed by atoms with Gasteiger partial charge in [-0.25, -0.2) is 4.79 Å². The molecule has 1 aromatic carbocycles. The summed E-state index contributed by atoms with van der Waals surface area (Å²) in [7, 11) is 0. The van der Waals surface area contributed by atoms with E-state index in [2.05, 4.69) is 4.98 Å². The van der Waals surface area contributed by atoms with Crippen molar-refractivity contribution in [3.05, 3.63) is 65.0 Å². The van der Waals surface area contributed by atoms with Crippen molar-refractivity contribution in [1.29, 1.82) is 0 Å². The number of pyridine rings is 1. The quantitative estimate of drug-likeness (QED) is 0.792. The van der Waals surface area contributed by atoms with Gasteiger partial charge in [0.15, 0.2) is 0 Å². The highest BCUT2D eigenvalue weighted by atomic mass is 16.7. The third-order valence-electron chi connectivity index (χ3n) is 4.18. The Morgan fingerprint density at radius 1 is 1.09 bits per heavy atom. The maximum atomic E-state index is 12.4. The molecule has 6 nitrogen and oxygen atoms in total. The molecular formula is C17H12N2O4. The van der Waals surface area contributed by atoms with Gasteiger partial charge in [-0.15, -0.1) is 0 Å². The monoisotopic (exact) mass is 308 g/mol. The third kappa shape index (κ3) is 2.03. The summed E-state index contributed by atoms with van der Waals surface area (Å²) < 4.78 is 0. The number of amides is 2. The highest BCUT2D eigenvalue weighted by molar-refractivity contribution is 6.20. The van der Waals surface area contributed by atoms with Gasteiger partial charge in [-0.1, -0.05) is 23.3 Å². The van der Waals surface area contributed by atoms with Gasteiger partial charge in [0.25, 0.3) is 11.8 Å². The van der Waals surface area contributed by atoms with E-state index in [4.69, 9.17) is 4.84 Å². The van der Waals surface area contributed by atoms with E-state index in [1.165, 1.54) is 12.1 Å². The number of rotatable bonds is 2. The number of imide groups is 1. The van der Waals surface area contributed by atoms with E-state index in [1.54, 1.807) is 18.3 Å². The standard InChI is InChI=1S/C17H12N2O4/c20-15-11-5-1-2-6-12(11)16(21)19(15)23-17(22)13-8-7-10-4-3-9-18-14(10)13/h1-6,9,13H,7-8H2. The molecule has 0 saturated heterocycles. The van der Waals surface area contributed by atoms with Gasteiger partial charge in [0, 0.05) is 6.20 Å². The lowest BCUT2D eigenvalue weighted by atomic mass is 10.1. The van der Waals surface area contributed by atoms with Crippen molar-refractivity contribution in [2.45, 2.75) is 18.8 Å². The molecule has 23 heavy (non-hydrogen) atoms. The van der Waals surface area contributed by atoms with Crippen LogP contribution >= 0.6 is 0 Å². The van der Waals surface area contributed by atoms with Gasteiger partial charge < -0.3 is 4.84 Å². The predicted octanol–water partition coefficient (Wildman–Crippen LogP) is 1.87. The second kappa shape index (κ2) is 5.01. The Morgan fingerprint density at radius 2 is 1.78 bits per heavy atom. The number of carbonyl (C=O) groups is 3. The van der Waals surface area contributed by atoms with E-state index in [0.717, 1.165) is 12.0 Å². The number of hydroxylamine groups is 2. The first kappa shape index (κ1) is 13.6. The van der Waals surface area contributed by atoms with Gasteiger partial charge in [-0.05, 0) is 36.6 Å². The van der Waals surface area contributed by atoms with Gasteiger partial charge in [-0.3, -0.25) is 14.6 Å². The highest BCUT2D eigenvalue weighted by Crippen LogP contribution is 2.33. The topological polar surface area (TPSA) is 76.6 Å². The molecule has 114 valence electrons. The van der Waals surface area contributed by atoms with Crippen molar-refractivity contribution in [2.24, 2.45) is 0 Å². The number of carbonyl (C=O) groups excluding carboxylic acids is 3. The van der Waals surface area contributed by atoms with Crippen molar-refractivity contribution in [1.82, 2.24) is 10.0 Å². The van der Waals surface area contributed by atoms with Gasteiger partial charge in [0.05, 0.1) is 16.8 Å². The molecule has 2 heterocycles. The average molecular weight is 308 g/mol. The Morgan fingerprint density at radius 3 is 2.48 bits per heavy atom. The van der Waals surface area contributed by atoms with Gasteiger partial charge in [0.2, 0.25) is 0 Å². The summed E-state index contributed by atoms with van der Waals surface area (Å²) in [6.45, 7) is 0. The van der Waals surface area contributed by atoms with E-state index in [1.807, 2.05) is 12.1 Å². The normalized spacial score (nSPS) is 18.8. The molecule has 0 radical (unpaired) electrons. The summed E-state index contributed by atoms with van der Waals surface area (Å²) in [4.78, 5) is 46.2. The maximum absolute atomic E-state index is 12.4.